The van der Waals surface area contributed by atoms with Crippen molar-refractivity contribution in [2.75, 3.05) is 0 Å². The third-order valence-corrected chi connectivity index (χ3v) is 1.47. The molecule has 1 unspecified atom stereocenters. The number of allylic oxidation sites excluding steroid dienone is 2. The summed E-state index contributed by atoms with van der Waals surface area (Å²) in [7, 11) is 0. The van der Waals surface area contributed by atoms with E-state index in [0.717, 1.165) is 0 Å². The van der Waals surface area contributed by atoms with Crippen molar-refractivity contribution < 1.29 is 0 Å². The first kappa shape index (κ1) is 5.57. The highest BCUT2D eigenvalue weighted by Gasteiger charge is 2.06. The van der Waals surface area contributed by atoms with Crippen molar-refractivity contribution in [1.29, 1.82) is 0 Å². The molecule has 0 heterocycles. The van der Waals surface area contributed by atoms with E-state index in [9.17, 15) is 0 Å². The maximum Gasteiger partial charge on any atom is 0.0288 e. The Kier molecular flexibility index (Phi) is 1.49. The molecular weight excluding hydrogens is 98.1 g/mol. The second kappa shape index (κ2) is 2.14. The minimum Gasteiger partial charge on any atom is -0.324 e. The summed E-state index contributed by atoms with van der Waals surface area (Å²) in [6.45, 7) is 2.12. The Hall–Kier alpha value is -0.560. The molecular formula is C7H11N. The van der Waals surface area contributed by atoms with Crippen LogP contribution in [-0.2, 0) is 0 Å². The van der Waals surface area contributed by atoms with Crippen LogP contribution >= 0.6 is 0 Å². The van der Waals surface area contributed by atoms with Gasteiger partial charge in [-0.2, -0.15) is 0 Å². The van der Waals surface area contributed by atoms with Crippen LogP contribution in [0, 0.1) is 5.92 Å². The molecule has 0 aromatic heterocycles. The van der Waals surface area contributed by atoms with Crippen molar-refractivity contribution in [1.82, 2.24) is 0 Å². The number of nitrogens with two attached hydrogens (primary N) is 1. The standard InChI is InChI=1S/C7H11N/c1-6-4-2-3-5-7(6)8/h2-7H,8H2,1H3/t6?,7-/m0/s1. The summed E-state index contributed by atoms with van der Waals surface area (Å²) in [4.78, 5) is 0. The Morgan fingerprint density at radius 2 is 1.88 bits per heavy atom. The van der Waals surface area contributed by atoms with Crippen LogP contribution in [0.2, 0.25) is 0 Å². The minimum absolute atomic E-state index is 0.236. The van der Waals surface area contributed by atoms with Gasteiger partial charge in [0.05, 0.1) is 0 Å². The molecule has 0 aliphatic heterocycles. The molecule has 0 amide bonds. The molecule has 0 saturated heterocycles. The maximum atomic E-state index is 5.64. The summed E-state index contributed by atoms with van der Waals surface area (Å²) >= 11 is 0. The molecule has 1 rings (SSSR count). The Morgan fingerprint density at radius 3 is 2.25 bits per heavy atom. The summed E-state index contributed by atoms with van der Waals surface area (Å²) in [5.74, 6) is 0.514. The van der Waals surface area contributed by atoms with Gasteiger partial charge in [-0.1, -0.05) is 31.2 Å². The fourth-order valence-corrected chi connectivity index (χ4v) is 0.735. The molecule has 0 fully saturated rings. The molecule has 2 N–H and O–H groups in total. The molecule has 8 heavy (non-hydrogen) atoms. The van der Waals surface area contributed by atoms with Gasteiger partial charge in [0.15, 0.2) is 0 Å². The lowest BCUT2D eigenvalue weighted by molar-refractivity contribution is 0.625. The molecule has 1 nitrogen and oxygen atoms in total. The largest absolute Gasteiger partial charge is 0.324 e. The topological polar surface area (TPSA) is 26.0 Å². The van der Waals surface area contributed by atoms with Crippen molar-refractivity contribution in [2.45, 2.75) is 13.0 Å². The molecule has 0 radical (unpaired) electrons. The van der Waals surface area contributed by atoms with Gasteiger partial charge in [0, 0.05) is 6.04 Å². The molecule has 2 atom stereocenters. The van der Waals surface area contributed by atoms with Crippen LogP contribution in [0.3, 0.4) is 0 Å². The van der Waals surface area contributed by atoms with Gasteiger partial charge in [0.25, 0.3) is 0 Å². The normalized spacial score (nSPS) is 35.8. The van der Waals surface area contributed by atoms with Crippen molar-refractivity contribution in [3.8, 4) is 0 Å². The van der Waals surface area contributed by atoms with E-state index in [1.165, 1.54) is 0 Å². The van der Waals surface area contributed by atoms with Crippen LogP contribution in [0.25, 0.3) is 0 Å². The zero-order valence-corrected chi connectivity index (χ0v) is 5.04. The highest BCUT2D eigenvalue weighted by atomic mass is 14.6. The van der Waals surface area contributed by atoms with Gasteiger partial charge in [0.2, 0.25) is 0 Å². The molecule has 1 aliphatic rings. The number of rotatable bonds is 0. The van der Waals surface area contributed by atoms with E-state index in [0.29, 0.717) is 5.92 Å². The third-order valence-electron chi connectivity index (χ3n) is 1.47. The quantitative estimate of drug-likeness (QED) is 0.495. The van der Waals surface area contributed by atoms with Crippen molar-refractivity contribution in [3.05, 3.63) is 24.3 Å². The Balaban J connectivity index is 2.59. The van der Waals surface area contributed by atoms with Crippen LogP contribution in [0.5, 0.6) is 0 Å². The van der Waals surface area contributed by atoms with E-state index in [1.54, 1.807) is 0 Å². The van der Waals surface area contributed by atoms with E-state index in [-0.39, 0.29) is 6.04 Å². The average molecular weight is 109 g/mol. The summed E-state index contributed by atoms with van der Waals surface area (Å²) in [5, 5.41) is 0. The SMILES string of the molecule is CC1C=CC=C[C@@H]1N. The fourth-order valence-electron chi connectivity index (χ4n) is 0.735. The Morgan fingerprint density at radius 1 is 1.25 bits per heavy atom. The molecule has 0 aromatic rings. The molecule has 0 bridgehead atoms. The monoisotopic (exact) mass is 109 g/mol. The van der Waals surface area contributed by atoms with Crippen LogP contribution in [-0.4, -0.2) is 6.04 Å². The molecule has 1 aliphatic carbocycles. The summed E-state index contributed by atoms with van der Waals surface area (Å²) in [6.07, 6.45) is 8.16. The van der Waals surface area contributed by atoms with Crippen molar-refractivity contribution in [2.24, 2.45) is 11.7 Å². The van der Waals surface area contributed by atoms with Gasteiger partial charge in [-0.15, -0.1) is 0 Å². The van der Waals surface area contributed by atoms with Crippen LogP contribution in [0.1, 0.15) is 6.92 Å². The predicted molar refractivity (Wildman–Crippen MR) is 35.4 cm³/mol. The Labute approximate surface area is 49.9 Å². The molecule has 44 valence electrons. The number of hydrogen-bond acceptors (Lipinski definition) is 1. The smallest absolute Gasteiger partial charge is 0.0288 e. The first-order chi connectivity index (χ1) is 3.80. The minimum atomic E-state index is 0.236. The number of hydrogen-bond donors (Lipinski definition) is 1. The lowest BCUT2D eigenvalue weighted by Crippen LogP contribution is -2.25. The maximum absolute atomic E-state index is 5.64. The highest BCUT2D eigenvalue weighted by Crippen LogP contribution is 2.07. The van der Waals surface area contributed by atoms with Gasteiger partial charge in [-0.05, 0) is 5.92 Å². The molecule has 1 heteroatoms. The van der Waals surface area contributed by atoms with Crippen molar-refractivity contribution >= 4 is 0 Å². The Bertz CT molecular complexity index is 108. The van der Waals surface area contributed by atoms with Gasteiger partial charge >= 0.3 is 0 Å². The average Bonchev–Trinajstić information content (AvgIpc) is 1.77. The van der Waals surface area contributed by atoms with E-state index in [4.69, 9.17) is 5.73 Å². The van der Waals surface area contributed by atoms with Gasteiger partial charge in [-0.25, -0.2) is 0 Å². The second-order valence-electron chi connectivity index (χ2n) is 2.21. The summed E-state index contributed by atoms with van der Waals surface area (Å²) in [5.41, 5.74) is 5.64. The lowest BCUT2D eigenvalue weighted by atomic mass is 9.98. The third kappa shape index (κ3) is 0.984. The van der Waals surface area contributed by atoms with Crippen LogP contribution in [0.15, 0.2) is 24.3 Å². The van der Waals surface area contributed by atoms with E-state index in [1.807, 2.05) is 18.2 Å². The van der Waals surface area contributed by atoms with E-state index >= 15 is 0 Å². The lowest BCUT2D eigenvalue weighted by Gasteiger charge is -2.13. The zero-order valence-electron chi connectivity index (χ0n) is 5.04. The first-order valence-electron chi connectivity index (χ1n) is 2.91. The predicted octanol–water partition coefficient (Wildman–Crippen LogP) is 1.08. The van der Waals surface area contributed by atoms with Gasteiger partial charge in [0.1, 0.15) is 0 Å². The fraction of sp³-hybridized carbons (Fsp3) is 0.429. The molecule has 0 aromatic carbocycles. The van der Waals surface area contributed by atoms with E-state index in [2.05, 4.69) is 13.0 Å². The second-order valence-corrected chi connectivity index (χ2v) is 2.21. The van der Waals surface area contributed by atoms with Crippen molar-refractivity contribution in [3.63, 3.8) is 0 Å². The van der Waals surface area contributed by atoms with Crippen LogP contribution < -0.4 is 5.73 Å². The first-order valence-corrected chi connectivity index (χ1v) is 2.91. The zero-order chi connectivity index (χ0) is 5.98. The molecule has 0 saturated carbocycles. The summed E-state index contributed by atoms with van der Waals surface area (Å²) < 4.78 is 0. The van der Waals surface area contributed by atoms with Crippen LogP contribution in [0.4, 0.5) is 0 Å². The molecule has 0 spiro atoms. The highest BCUT2D eigenvalue weighted by molar-refractivity contribution is 5.15. The summed E-state index contributed by atoms with van der Waals surface area (Å²) in [6, 6.07) is 0.236. The van der Waals surface area contributed by atoms with E-state index < -0.39 is 0 Å². The van der Waals surface area contributed by atoms with Gasteiger partial charge in [-0.3, -0.25) is 0 Å². The van der Waals surface area contributed by atoms with Gasteiger partial charge < -0.3 is 5.73 Å².